The van der Waals surface area contributed by atoms with Gasteiger partial charge in [-0.2, -0.15) is 0 Å². The van der Waals surface area contributed by atoms with Crippen LogP contribution in [0, 0.1) is 6.92 Å². The summed E-state index contributed by atoms with van der Waals surface area (Å²) in [4.78, 5) is 23.5. The van der Waals surface area contributed by atoms with Gasteiger partial charge in [-0.15, -0.1) is 0 Å². The molecule has 0 aliphatic rings. The van der Waals surface area contributed by atoms with E-state index < -0.39 is 0 Å². The third-order valence-electron chi connectivity index (χ3n) is 3.30. The predicted octanol–water partition coefficient (Wildman–Crippen LogP) is 4.01. The summed E-state index contributed by atoms with van der Waals surface area (Å²) in [5.41, 5.74) is 1.94. The topological polar surface area (TPSA) is 67.4 Å². The molecule has 0 spiro atoms. The minimum absolute atomic E-state index is 0.113. The summed E-state index contributed by atoms with van der Waals surface area (Å²) in [6.07, 6.45) is 0.370. The zero-order chi connectivity index (χ0) is 17.5. The number of halogens is 1. The number of carbonyl (C=O) groups excluding carboxylic acids is 2. The number of hydrogen-bond acceptors (Lipinski definition) is 3. The van der Waals surface area contributed by atoms with E-state index >= 15 is 0 Å². The first-order valence-corrected chi connectivity index (χ1v) is 7.95. The first-order valence-electron chi connectivity index (χ1n) is 7.57. The number of aryl methyl sites for hydroxylation is 1. The second-order valence-electron chi connectivity index (χ2n) is 5.20. The predicted molar refractivity (Wildman–Crippen MR) is 95.7 cm³/mol. The van der Waals surface area contributed by atoms with E-state index in [4.69, 9.17) is 16.3 Å². The minimum atomic E-state index is -0.334. The number of para-hydroxylation sites is 1. The summed E-state index contributed by atoms with van der Waals surface area (Å²) in [6.45, 7) is 3.54. The van der Waals surface area contributed by atoms with E-state index in [9.17, 15) is 9.59 Å². The van der Waals surface area contributed by atoms with Gasteiger partial charge >= 0.3 is 0 Å². The number of ether oxygens (including phenoxy) is 1. The molecule has 126 valence electrons. The minimum Gasteiger partial charge on any atom is -0.483 e. The fourth-order valence-electron chi connectivity index (χ4n) is 2.00. The van der Waals surface area contributed by atoms with Gasteiger partial charge in [0.15, 0.2) is 6.61 Å². The Balaban J connectivity index is 1.99. The SMILES string of the molecule is CCC(=O)Nc1ccc(Cl)c(NC(=O)COc2ccccc2C)c1. The van der Waals surface area contributed by atoms with E-state index in [2.05, 4.69) is 10.6 Å². The number of anilines is 2. The van der Waals surface area contributed by atoms with Crippen molar-refractivity contribution in [3.63, 3.8) is 0 Å². The van der Waals surface area contributed by atoms with Gasteiger partial charge in [-0.25, -0.2) is 0 Å². The van der Waals surface area contributed by atoms with Crippen molar-refractivity contribution < 1.29 is 14.3 Å². The molecular weight excluding hydrogens is 328 g/mol. The Morgan fingerprint density at radius 3 is 2.54 bits per heavy atom. The highest BCUT2D eigenvalue weighted by Gasteiger charge is 2.09. The molecule has 2 N–H and O–H groups in total. The van der Waals surface area contributed by atoms with E-state index in [0.29, 0.717) is 28.6 Å². The number of hydrogen-bond donors (Lipinski definition) is 2. The Kier molecular flexibility index (Phi) is 6.21. The summed E-state index contributed by atoms with van der Waals surface area (Å²) < 4.78 is 5.50. The van der Waals surface area contributed by atoms with Crippen LogP contribution in [-0.2, 0) is 9.59 Å². The molecule has 5 nitrogen and oxygen atoms in total. The standard InChI is InChI=1S/C18H19ClN2O3/c1-3-17(22)20-13-8-9-14(19)15(10-13)21-18(23)11-24-16-7-5-4-6-12(16)2/h4-10H,3,11H2,1-2H3,(H,20,22)(H,21,23). The maximum absolute atomic E-state index is 12.1. The molecule has 2 rings (SSSR count). The van der Waals surface area contributed by atoms with Gasteiger partial charge in [-0.3, -0.25) is 9.59 Å². The molecule has 0 fully saturated rings. The third-order valence-corrected chi connectivity index (χ3v) is 3.63. The van der Waals surface area contributed by atoms with E-state index in [1.807, 2.05) is 25.1 Å². The molecule has 0 heterocycles. The van der Waals surface area contributed by atoms with Gasteiger partial charge in [0.2, 0.25) is 5.91 Å². The van der Waals surface area contributed by atoms with Gasteiger partial charge in [0.1, 0.15) is 5.75 Å². The Hall–Kier alpha value is -2.53. The summed E-state index contributed by atoms with van der Waals surface area (Å²) in [6, 6.07) is 12.4. The first-order chi connectivity index (χ1) is 11.5. The molecule has 2 aromatic carbocycles. The van der Waals surface area contributed by atoms with Crippen molar-refractivity contribution in [1.82, 2.24) is 0 Å². The zero-order valence-electron chi connectivity index (χ0n) is 13.6. The maximum atomic E-state index is 12.1. The Labute approximate surface area is 146 Å². The highest BCUT2D eigenvalue weighted by molar-refractivity contribution is 6.33. The summed E-state index contributed by atoms with van der Waals surface area (Å²) >= 11 is 6.08. The molecule has 0 radical (unpaired) electrons. The second-order valence-corrected chi connectivity index (χ2v) is 5.61. The average molecular weight is 347 g/mol. The largest absolute Gasteiger partial charge is 0.483 e. The Morgan fingerprint density at radius 2 is 1.83 bits per heavy atom. The van der Waals surface area contributed by atoms with E-state index in [1.54, 1.807) is 31.2 Å². The number of carbonyl (C=O) groups is 2. The lowest BCUT2D eigenvalue weighted by atomic mass is 10.2. The lowest BCUT2D eigenvalue weighted by Gasteiger charge is -2.12. The van der Waals surface area contributed by atoms with Crippen LogP contribution < -0.4 is 15.4 Å². The number of rotatable bonds is 6. The van der Waals surface area contributed by atoms with Crippen molar-refractivity contribution in [2.45, 2.75) is 20.3 Å². The van der Waals surface area contributed by atoms with Crippen LogP contribution in [-0.4, -0.2) is 18.4 Å². The molecule has 0 saturated carbocycles. The molecule has 6 heteroatoms. The fraction of sp³-hybridized carbons (Fsp3) is 0.222. The first kappa shape index (κ1) is 17.8. The van der Waals surface area contributed by atoms with Crippen LogP contribution in [0.1, 0.15) is 18.9 Å². The normalized spacial score (nSPS) is 10.1. The van der Waals surface area contributed by atoms with Crippen molar-refractivity contribution in [3.05, 3.63) is 53.1 Å². The summed E-state index contributed by atoms with van der Waals surface area (Å²) in [5, 5.41) is 5.79. The molecule has 0 aliphatic carbocycles. The van der Waals surface area contributed by atoms with Gasteiger partial charge in [0.05, 0.1) is 10.7 Å². The lowest BCUT2D eigenvalue weighted by molar-refractivity contribution is -0.118. The van der Waals surface area contributed by atoms with E-state index in [-0.39, 0.29) is 18.4 Å². The van der Waals surface area contributed by atoms with Gasteiger partial charge < -0.3 is 15.4 Å². The molecule has 2 aromatic rings. The zero-order valence-corrected chi connectivity index (χ0v) is 14.3. The van der Waals surface area contributed by atoms with Gasteiger partial charge in [0.25, 0.3) is 5.91 Å². The van der Waals surface area contributed by atoms with Crippen LogP contribution in [0.2, 0.25) is 5.02 Å². The van der Waals surface area contributed by atoms with E-state index in [0.717, 1.165) is 5.56 Å². The molecule has 2 amide bonds. The monoisotopic (exact) mass is 346 g/mol. The molecule has 0 aliphatic heterocycles. The van der Waals surface area contributed by atoms with Gasteiger partial charge in [0, 0.05) is 12.1 Å². The number of benzene rings is 2. The van der Waals surface area contributed by atoms with Crippen molar-refractivity contribution in [1.29, 1.82) is 0 Å². The fourth-order valence-corrected chi connectivity index (χ4v) is 2.16. The smallest absolute Gasteiger partial charge is 0.262 e. The number of amides is 2. The quantitative estimate of drug-likeness (QED) is 0.830. The van der Waals surface area contributed by atoms with Crippen LogP contribution in [0.25, 0.3) is 0 Å². The molecule has 0 saturated heterocycles. The Bertz CT molecular complexity index is 747. The van der Waals surface area contributed by atoms with Crippen LogP contribution in [0.5, 0.6) is 5.75 Å². The third kappa shape index (κ3) is 4.99. The summed E-state index contributed by atoms with van der Waals surface area (Å²) in [7, 11) is 0. The number of nitrogens with one attached hydrogen (secondary N) is 2. The highest BCUT2D eigenvalue weighted by Crippen LogP contribution is 2.25. The van der Waals surface area contributed by atoms with Gasteiger partial charge in [-0.1, -0.05) is 36.7 Å². The maximum Gasteiger partial charge on any atom is 0.262 e. The van der Waals surface area contributed by atoms with Crippen molar-refractivity contribution >= 4 is 34.8 Å². The van der Waals surface area contributed by atoms with E-state index in [1.165, 1.54) is 0 Å². The molecule has 0 atom stereocenters. The van der Waals surface area contributed by atoms with Crippen LogP contribution in [0.3, 0.4) is 0 Å². The average Bonchev–Trinajstić information content (AvgIpc) is 2.57. The highest BCUT2D eigenvalue weighted by atomic mass is 35.5. The Morgan fingerprint density at radius 1 is 1.08 bits per heavy atom. The second kappa shape index (κ2) is 8.36. The van der Waals surface area contributed by atoms with Crippen molar-refractivity contribution in [2.24, 2.45) is 0 Å². The molecule has 24 heavy (non-hydrogen) atoms. The molecule has 0 bridgehead atoms. The lowest BCUT2D eigenvalue weighted by Crippen LogP contribution is -2.20. The van der Waals surface area contributed by atoms with Crippen LogP contribution in [0.4, 0.5) is 11.4 Å². The van der Waals surface area contributed by atoms with Gasteiger partial charge in [-0.05, 0) is 36.8 Å². The molecule has 0 aromatic heterocycles. The van der Waals surface area contributed by atoms with Crippen LogP contribution >= 0.6 is 11.6 Å². The van der Waals surface area contributed by atoms with Crippen LogP contribution in [0.15, 0.2) is 42.5 Å². The van der Waals surface area contributed by atoms with Crippen molar-refractivity contribution in [3.8, 4) is 5.75 Å². The molecule has 0 unspecified atom stereocenters. The molecular formula is C18H19ClN2O3. The van der Waals surface area contributed by atoms with Crippen molar-refractivity contribution in [2.75, 3.05) is 17.2 Å². The summed E-state index contributed by atoms with van der Waals surface area (Å²) in [5.74, 6) is 0.208.